The number of nitrogens with zero attached hydrogens (tertiary/aromatic N) is 1. The largest absolute Gasteiger partial charge is 0.488 e. The van der Waals surface area contributed by atoms with Gasteiger partial charge in [0.1, 0.15) is 12.4 Å². The molecule has 236 valence electrons. The van der Waals surface area contributed by atoms with Crippen molar-refractivity contribution in [3.63, 3.8) is 0 Å². The zero-order valence-corrected chi connectivity index (χ0v) is 25.3. The number of alkyl halides is 3. The maximum Gasteiger partial charge on any atom is 0.417 e. The Morgan fingerprint density at radius 2 is 1.62 bits per heavy atom. The van der Waals surface area contributed by atoms with Gasteiger partial charge in [0.05, 0.1) is 17.8 Å². The molecule has 1 aromatic heterocycles. The zero-order chi connectivity index (χ0) is 32.4. The van der Waals surface area contributed by atoms with Gasteiger partial charge in [0, 0.05) is 23.7 Å². The molecule has 0 fully saturated rings. The molecule has 1 heterocycles. The molecule has 7 nitrogen and oxygen atoms in total. The third-order valence-corrected chi connectivity index (χ3v) is 6.85. The maximum atomic E-state index is 12.8. The SMILES string of the molecule is CCCCC(=O)Oc1c(OCCNC(=O)c2ccc(-c3ccc(C(F)(F)F)cn3)cc2)cccc1Oc1ccc(C(C)C)cc1. The molecule has 0 saturated carbocycles. The highest BCUT2D eigenvalue weighted by molar-refractivity contribution is 5.94. The summed E-state index contributed by atoms with van der Waals surface area (Å²) in [4.78, 5) is 29.1. The molecule has 0 atom stereocenters. The van der Waals surface area contributed by atoms with Crippen LogP contribution in [0.4, 0.5) is 13.2 Å². The molecular weight excluding hydrogens is 585 g/mol. The van der Waals surface area contributed by atoms with E-state index in [2.05, 4.69) is 24.1 Å². The van der Waals surface area contributed by atoms with E-state index in [1.54, 1.807) is 42.5 Å². The van der Waals surface area contributed by atoms with Gasteiger partial charge in [-0.25, -0.2) is 0 Å². The lowest BCUT2D eigenvalue weighted by Gasteiger charge is -2.16. The number of esters is 1. The summed E-state index contributed by atoms with van der Waals surface area (Å²) in [5.41, 5.74) is 1.62. The number of hydrogen-bond acceptors (Lipinski definition) is 6. The third kappa shape index (κ3) is 9.31. The van der Waals surface area contributed by atoms with E-state index < -0.39 is 17.7 Å². The van der Waals surface area contributed by atoms with Gasteiger partial charge in [-0.15, -0.1) is 0 Å². The number of pyridine rings is 1. The summed E-state index contributed by atoms with van der Waals surface area (Å²) >= 11 is 0. The number of carbonyl (C=O) groups excluding carboxylic acids is 2. The van der Waals surface area contributed by atoms with Crippen molar-refractivity contribution in [3.05, 3.63) is 102 Å². The van der Waals surface area contributed by atoms with E-state index in [1.165, 1.54) is 11.6 Å². The number of amides is 1. The number of rotatable bonds is 13. The van der Waals surface area contributed by atoms with Crippen molar-refractivity contribution >= 4 is 11.9 Å². The molecule has 0 bridgehead atoms. The predicted octanol–water partition coefficient (Wildman–Crippen LogP) is 8.59. The smallest absolute Gasteiger partial charge is 0.417 e. The van der Waals surface area contributed by atoms with E-state index in [0.717, 1.165) is 18.7 Å². The molecule has 0 radical (unpaired) electrons. The minimum atomic E-state index is -4.46. The van der Waals surface area contributed by atoms with E-state index in [-0.39, 0.29) is 31.2 Å². The topological polar surface area (TPSA) is 86.8 Å². The zero-order valence-electron chi connectivity index (χ0n) is 25.3. The molecular formula is C35H35F3N2O5. The highest BCUT2D eigenvalue weighted by Gasteiger charge is 2.30. The van der Waals surface area contributed by atoms with Crippen molar-refractivity contribution < 1.29 is 37.0 Å². The van der Waals surface area contributed by atoms with Gasteiger partial charge in [-0.1, -0.05) is 57.5 Å². The number of hydrogen-bond donors (Lipinski definition) is 1. The summed E-state index contributed by atoms with van der Waals surface area (Å²) in [7, 11) is 0. The highest BCUT2D eigenvalue weighted by Crippen LogP contribution is 2.40. The minimum absolute atomic E-state index is 0.0747. The van der Waals surface area contributed by atoms with E-state index in [9.17, 15) is 22.8 Å². The van der Waals surface area contributed by atoms with Crippen molar-refractivity contribution in [1.82, 2.24) is 10.3 Å². The second-order valence-electron chi connectivity index (χ2n) is 10.6. The Kier molecular flexibility index (Phi) is 11.2. The molecule has 1 amide bonds. The van der Waals surface area contributed by atoms with Crippen LogP contribution >= 0.6 is 0 Å². The monoisotopic (exact) mass is 620 g/mol. The van der Waals surface area contributed by atoms with E-state index >= 15 is 0 Å². The van der Waals surface area contributed by atoms with Crippen LogP contribution in [0.15, 0.2) is 85.1 Å². The van der Waals surface area contributed by atoms with Gasteiger partial charge in [0.2, 0.25) is 5.75 Å². The maximum absolute atomic E-state index is 12.8. The molecule has 0 aliphatic heterocycles. The average molecular weight is 621 g/mol. The Balaban J connectivity index is 1.38. The predicted molar refractivity (Wildman–Crippen MR) is 165 cm³/mol. The molecule has 1 N–H and O–H groups in total. The Bertz CT molecular complexity index is 1570. The van der Waals surface area contributed by atoms with Crippen LogP contribution in [0, 0.1) is 0 Å². The Labute approximate surface area is 260 Å². The van der Waals surface area contributed by atoms with E-state index in [1.807, 2.05) is 31.2 Å². The number of unbranched alkanes of at least 4 members (excludes halogenated alkanes) is 1. The van der Waals surface area contributed by atoms with Crippen LogP contribution in [0.5, 0.6) is 23.0 Å². The number of halogens is 3. The standard InChI is InChI=1S/C35H35F3N2O5/c1-4-5-9-32(41)45-33-30(7-6-8-31(33)44-28-17-14-24(15-18-28)23(2)3)43-21-20-39-34(42)26-12-10-25(11-13-26)29-19-16-27(22-40-29)35(36,37)38/h6-8,10-19,22-23H,4-5,9,20-21H2,1-3H3,(H,39,42). The Morgan fingerprint density at radius 1 is 0.911 bits per heavy atom. The summed E-state index contributed by atoms with van der Waals surface area (Å²) in [6, 6.07) is 21.3. The van der Waals surface area contributed by atoms with Gasteiger partial charge < -0.3 is 19.5 Å². The highest BCUT2D eigenvalue weighted by atomic mass is 19.4. The molecule has 4 aromatic rings. The summed E-state index contributed by atoms with van der Waals surface area (Å²) in [5.74, 6) is 0.950. The molecule has 3 aromatic carbocycles. The van der Waals surface area contributed by atoms with Crippen molar-refractivity contribution in [1.29, 1.82) is 0 Å². The first-order valence-corrected chi connectivity index (χ1v) is 14.7. The van der Waals surface area contributed by atoms with Gasteiger partial charge in [-0.2, -0.15) is 13.2 Å². The Morgan fingerprint density at radius 3 is 2.24 bits per heavy atom. The molecule has 0 aliphatic carbocycles. The first-order chi connectivity index (χ1) is 21.5. The lowest BCUT2D eigenvalue weighted by Crippen LogP contribution is -2.28. The summed E-state index contributed by atoms with van der Waals surface area (Å²) < 4.78 is 56.1. The number of carbonyl (C=O) groups is 2. The number of para-hydroxylation sites is 1. The molecule has 0 aliphatic rings. The van der Waals surface area contributed by atoms with Crippen LogP contribution in [0.1, 0.15) is 67.4 Å². The van der Waals surface area contributed by atoms with Crippen molar-refractivity contribution in [2.45, 2.75) is 52.1 Å². The van der Waals surface area contributed by atoms with Crippen LogP contribution in [0.2, 0.25) is 0 Å². The first-order valence-electron chi connectivity index (χ1n) is 14.7. The average Bonchev–Trinajstić information content (AvgIpc) is 3.03. The van der Waals surface area contributed by atoms with Gasteiger partial charge in [-0.3, -0.25) is 14.6 Å². The molecule has 4 rings (SSSR count). The molecule has 0 unspecified atom stereocenters. The normalized spacial score (nSPS) is 11.3. The lowest BCUT2D eigenvalue weighted by atomic mass is 10.0. The van der Waals surface area contributed by atoms with Crippen molar-refractivity contribution in [3.8, 4) is 34.3 Å². The van der Waals surface area contributed by atoms with Gasteiger partial charge >= 0.3 is 12.1 Å². The molecule has 0 saturated heterocycles. The molecule has 10 heteroatoms. The fourth-order valence-electron chi connectivity index (χ4n) is 4.28. The fraction of sp³-hybridized carbons (Fsp3) is 0.286. The molecule has 0 spiro atoms. The van der Waals surface area contributed by atoms with Crippen LogP contribution in [-0.2, 0) is 11.0 Å². The lowest BCUT2D eigenvalue weighted by molar-refractivity contribution is -0.138. The number of aromatic nitrogens is 1. The van der Waals surface area contributed by atoms with Crippen LogP contribution in [0.25, 0.3) is 11.3 Å². The van der Waals surface area contributed by atoms with E-state index in [4.69, 9.17) is 14.2 Å². The third-order valence-electron chi connectivity index (χ3n) is 6.85. The van der Waals surface area contributed by atoms with Gasteiger partial charge in [0.15, 0.2) is 11.5 Å². The first kappa shape index (κ1) is 33.0. The Hall–Kier alpha value is -4.86. The van der Waals surface area contributed by atoms with E-state index in [0.29, 0.717) is 46.4 Å². The molecule has 45 heavy (non-hydrogen) atoms. The number of ether oxygens (including phenoxy) is 3. The quantitative estimate of drug-likeness (QED) is 0.0915. The van der Waals surface area contributed by atoms with Crippen molar-refractivity contribution in [2.24, 2.45) is 0 Å². The van der Waals surface area contributed by atoms with Crippen LogP contribution in [0.3, 0.4) is 0 Å². The minimum Gasteiger partial charge on any atom is -0.488 e. The second-order valence-corrected chi connectivity index (χ2v) is 10.6. The second kappa shape index (κ2) is 15.2. The summed E-state index contributed by atoms with van der Waals surface area (Å²) in [6.45, 7) is 6.41. The summed E-state index contributed by atoms with van der Waals surface area (Å²) in [6.07, 6.45) is -1.92. The van der Waals surface area contributed by atoms with Gasteiger partial charge in [-0.05, 0) is 66.4 Å². The van der Waals surface area contributed by atoms with Gasteiger partial charge in [0.25, 0.3) is 5.91 Å². The fourth-order valence-corrected chi connectivity index (χ4v) is 4.28. The number of nitrogens with one attached hydrogen (secondary N) is 1. The van der Waals surface area contributed by atoms with Crippen LogP contribution in [-0.4, -0.2) is 30.0 Å². The van der Waals surface area contributed by atoms with Crippen LogP contribution < -0.4 is 19.5 Å². The number of benzene rings is 3. The summed E-state index contributed by atoms with van der Waals surface area (Å²) in [5, 5.41) is 2.77. The van der Waals surface area contributed by atoms with Crippen molar-refractivity contribution in [2.75, 3.05) is 13.2 Å².